The molecule has 0 aliphatic heterocycles. The van der Waals surface area contributed by atoms with Gasteiger partial charge in [-0.3, -0.25) is 0 Å². The van der Waals surface area contributed by atoms with Crippen LogP contribution in [0.25, 0.3) is 12.2 Å². The summed E-state index contributed by atoms with van der Waals surface area (Å²) in [6, 6.07) is 23.1. The van der Waals surface area contributed by atoms with Crippen molar-refractivity contribution in [2.45, 2.75) is 12.3 Å². The van der Waals surface area contributed by atoms with Crippen LogP contribution in [0.3, 0.4) is 0 Å². The Morgan fingerprint density at radius 3 is 2.12 bits per heavy atom. The number of halogens is 2. The van der Waals surface area contributed by atoms with Gasteiger partial charge in [-0.15, -0.1) is 0 Å². The summed E-state index contributed by atoms with van der Waals surface area (Å²) in [7, 11) is 0. The monoisotopic (exact) mass is 346 g/mol. The van der Waals surface area contributed by atoms with E-state index >= 15 is 0 Å². The molecule has 1 unspecified atom stereocenters. The fourth-order valence-electron chi connectivity index (χ4n) is 2.82. The Kier molecular flexibility index (Phi) is 6.10. The van der Waals surface area contributed by atoms with Gasteiger partial charge < -0.3 is 0 Å². The summed E-state index contributed by atoms with van der Waals surface area (Å²) in [5, 5.41) is 0. The van der Waals surface area contributed by atoms with Crippen LogP contribution in [0.5, 0.6) is 0 Å². The van der Waals surface area contributed by atoms with E-state index in [0.717, 1.165) is 23.1 Å². The second-order valence-corrected chi connectivity index (χ2v) is 6.12. The van der Waals surface area contributed by atoms with Gasteiger partial charge >= 0.3 is 0 Å². The number of hydrogen-bond donors (Lipinski definition) is 0. The molecule has 0 spiro atoms. The second kappa shape index (κ2) is 8.91. The van der Waals surface area contributed by atoms with Crippen LogP contribution in [0.2, 0.25) is 0 Å². The van der Waals surface area contributed by atoms with E-state index in [0.29, 0.717) is 0 Å². The molecule has 1 atom stereocenters. The summed E-state index contributed by atoms with van der Waals surface area (Å²) in [5.74, 6) is -0.508. The predicted octanol–water partition coefficient (Wildman–Crippen LogP) is 6.87. The standard InChI is InChI=1S/C24H20F2/c25-23-13-5-10-20(17-23)15-16-21(22-12-6-14-24(26)18-22)11-4-9-19-7-2-1-3-8-19/h1-10,12-18,21H,11H2/b9-4+,16-15+. The third-order valence-electron chi connectivity index (χ3n) is 4.15. The van der Waals surface area contributed by atoms with Crippen LogP contribution in [-0.4, -0.2) is 0 Å². The van der Waals surface area contributed by atoms with Gasteiger partial charge in [0.2, 0.25) is 0 Å². The van der Waals surface area contributed by atoms with Crippen LogP contribution < -0.4 is 0 Å². The van der Waals surface area contributed by atoms with Crippen molar-refractivity contribution in [3.8, 4) is 0 Å². The Balaban J connectivity index is 1.81. The van der Waals surface area contributed by atoms with E-state index in [4.69, 9.17) is 0 Å². The highest BCUT2D eigenvalue weighted by Crippen LogP contribution is 2.24. The molecule has 0 saturated carbocycles. The molecule has 0 amide bonds. The summed E-state index contributed by atoms with van der Waals surface area (Å²) >= 11 is 0. The molecule has 130 valence electrons. The van der Waals surface area contributed by atoms with Crippen LogP contribution in [0.1, 0.15) is 29.0 Å². The molecule has 0 N–H and O–H groups in total. The quantitative estimate of drug-likeness (QED) is 0.457. The summed E-state index contributed by atoms with van der Waals surface area (Å²) in [4.78, 5) is 0. The molecule has 0 saturated heterocycles. The maximum atomic E-state index is 13.6. The topological polar surface area (TPSA) is 0 Å². The van der Waals surface area contributed by atoms with Crippen molar-refractivity contribution in [1.29, 1.82) is 0 Å². The Hall–Kier alpha value is -3.00. The smallest absolute Gasteiger partial charge is 0.123 e. The SMILES string of the molecule is Fc1cccc(/C=C/C(C/C=C/c2ccccc2)c2cccc(F)c2)c1. The molecule has 0 heterocycles. The van der Waals surface area contributed by atoms with Gasteiger partial charge in [0.1, 0.15) is 11.6 Å². The zero-order valence-electron chi connectivity index (χ0n) is 14.4. The number of benzene rings is 3. The van der Waals surface area contributed by atoms with Gasteiger partial charge in [-0.2, -0.15) is 0 Å². The van der Waals surface area contributed by atoms with E-state index in [1.807, 2.05) is 54.6 Å². The first kappa shape index (κ1) is 17.8. The van der Waals surface area contributed by atoms with Crippen molar-refractivity contribution >= 4 is 12.2 Å². The van der Waals surface area contributed by atoms with Crippen LogP contribution in [0, 0.1) is 11.6 Å². The molecule has 2 heteroatoms. The highest BCUT2D eigenvalue weighted by Gasteiger charge is 2.07. The van der Waals surface area contributed by atoms with E-state index in [-0.39, 0.29) is 17.6 Å². The minimum Gasteiger partial charge on any atom is -0.207 e. The van der Waals surface area contributed by atoms with Gasteiger partial charge in [0, 0.05) is 5.92 Å². The normalized spacial score (nSPS) is 12.7. The molecular formula is C24H20F2. The lowest BCUT2D eigenvalue weighted by Gasteiger charge is -2.11. The lowest BCUT2D eigenvalue weighted by atomic mass is 9.94. The molecular weight excluding hydrogens is 326 g/mol. The van der Waals surface area contributed by atoms with Crippen LogP contribution in [-0.2, 0) is 0 Å². The maximum Gasteiger partial charge on any atom is 0.123 e. The van der Waals surface area contributed by atoms with Gasteiger partial charge in [0.15, 0.2) is 0 Å². The largest absolute Gasteiger partial charge is 0.207 e. The predicted molar refractivity (Wildman–Crippen MR) is 105 cm³/mol. The number of hydrogen-bond acceptors (Lipinski definition) is 0. The van der Waals surface area contributed by atoms with Crippen molar-refractivity contribution in [3.05, 3.63) is 119 Å². The average molecular weight is 346 g/mol. The van der Waals surface area contributed by atoms with Crippen LogP contribution in [0.15, 0.2) is 91.0 Å². The van der Waals surface area contributed by atoms with Gasteiger partial charge in [0.05, 0.1) is 0 Å². The van der Waals surface area contributed by atoms with E-state index in [9.17, 15) is 8.78 Å². The van der Waals surface area contributed by atoms with Crippen LogP contribution >= 0.6 is 0 Å². The second-order valence-electron chi connectivity index (χ2n) is 6.12. The Morgan fingerprint density at radius 1 is 0.692 bits per heavy atom. The molecule has 3 aromatic rings. The van der Waals surface area contributed by atoms with E-state index in [1.165, 1.54) is 18.2 Å². The summed E-state index contributed by atoms with van der Waals surface area (Å²) < 4.78 is 27.0. The lowest BCUT2D eigenvalue weighted by Crippen LogP contribution is -1.95. The third kappa shape index (κ3) is 5.25. The Morgan fingerprint density at radius 2 is 1.38 bits per heavy atom. The van der Waals surface area contributed by atoms with Crippen molar-refractivity contribution < 1.29 is 8.78 Å². The van der Waals surface area contributed by atoms with E-state index in [1.54, 1.807) is 18.2 Å². The summed E-state index contributed by atoms with van der Waals surface area (Å²) in [5.41, 5.74) is 2.81. The summed E-state index contributed by atoms with van der Waals surface area (Å²) in [6.07, 6.45) is 8.75. The Labute approximate surface area is 153 Å². The minimum atomic E-state index is -0.265. The lowest BCUT2D eigenvalue weighted by molar-refractivity contribution is 0.623. The highest BCUT2D eigenvalue weighted by atomic mass is 19.1. The van der Waals surface area contributed by atoms with Crippen molar-refractivity contribution in [3.63, 3.8) is 0 Å². The van der Waals surface area contributed by atoms with Crippen molar-refractivity contribution in [2.75, 3.05) is 0 Å². The Bertz CT molecular complexity index is 895. The van der Waals surface area contributed by atoms with E-state index in [2.05, 4.69) is 12.2 Å². The zero-order chi connectivity index (χ0) is 18.2. The van der Waals surface area contributed by atoms with E-state index < -0.39 is 0 Å². The molecule has 0 fully saturated rings. The fraction of sp³-hybridized carbons (Fsp3) is 0.0833. The molecule has 26 heavy (non-hydrogen) atoms. The molecule has 0 aliphatic rings. The third-order valence-corrected chi connectivity index (χ3v) is 4.15. The molecule has 0 aliphatic carbocycles. The van der Waals surface area contributed by atoms with Crippen molar-refractivity contribution in [2.24, 2.45) is 0 Å². The highest BCUT2D eigenvalue weighted by molar-refractivity contribution is 5.52. The molecule has 3 rings (SSSR count). The average Bonchev–Trinajstić information content (AvgIpc) is 2.65. The molecule has 0 radical (unpaired) electrons. The van der Waals surface area contributed by atoms with Gasteiger partial charge in [-0.05, 0) is 47.4 Å². The first-order chi connectivity index (χ1) is 12.7. The molecule has 3 aromatic carbocycles. The zero-order valence-corrected chi connectivity index (χ0v) is 14.4. The molecule has 0 aromatic heterocycles. The number of allylic oxidation sites excluding steroid dienone is 2. The molecule has 0 bridgehead atoms. The van der Waals surface area contributed by atoms with Gasteiger partial charge in [0.25, 0.3) is 0 Å². The fourth-order valence-corrected chi connectivity index (χ4v) is 2.82. The van der Waals surface area contributed by atoms with Crippen LogP contribution in [0.4, 0.5) is 8.78 Å². The first-order valence-corrected chi connectivity index (χ1v) is 8.61. The van der Waals surface area contributed by atoms with Gasteiger partial charge in [-0.1, -0.05) is 78.9 Å². The molecule has 0 nitrogen and oxygen atoms in total. The maximum absolute atomic E-state index is 13.6. The van der Waals surface area contributed by atoms with Crippen molar-refractivity contribution in [1.82, 2.24) is 0 Å². The van der Waals surface area contributed by atoms with Gasteiger partial charge in [-0.25, -0.2) is 8.78 Å². The first-order valence-electron chi connectivity index (χ1n) is 8.61. The summed E-state index contributed by atoms with van der Waals surface area (Å²) in [6.45, 7) is 0. The minimum absolute atomic E-state index is 0.00827. The number of rotatable bonds is 6.